The zero-order chi connectivity index (χ0) is 23.4. The molecule has 1 N–H and O–H groups in total. The Morgan fingerprint density at radius 3 is 2.21 bits per heavy atom. The van der Waals surface area contributed by atoms with Gasteiger partial charge in [0.2, 0.25) is 11.7 Å². The van der Waals surface area contributed by atoms with E-state index in [2.05, 4.69) is 16.0 Å². The summed E-state index contributed by atoms with van der Waals surface area (Å²) in [6.07, 6.45) is 0.867. The number of aryl methyl sites for hydroxylation is 2. The molecule has 0 aliphatic heterocycles. The lowest BCUT2D eigenvalue weighted by Crippen LogP contribution is -2.12. The summed E-state index contributed by atoms with van der Waals surface area (Å²) in [5.41, 5.74) is 4.70. The Balaban J connectivity index is 1.42. The Morgan fingerprint density at radius 2 is 1.61 bits per heavy atom. The van der Waals surface area contributed by atoms with Gasteiger partial charge in [0.15, 0.2) is 11.5 Å². The van der Waals surface area contributed by atoms with E-state index < -0.39 is 0 Å². The molecule has 3 aromatic carbocycles. The number of methoxy groups -OCH3 is 3. The van der Waals surface area contributed by atoms with Crippen molar-refractivity contribution in [1.29, 1.82) is 0 Å². The van der Waals surface area contributed by atoms with E-state index in [4.69, 9.17) is 19.2 Å². The number of carbonyl (C=O) groups excluding carboxylic acids is 1. The number of imidazole rings is 1. The van der Waals surface area contributed by atoms with E-state index in [1.54, 1.807) is 21.3 Å². The largest absolute Gasteiger partial charge is 0.493 e. The Hall–Kier alpha value is -4.00. The average molecular weight is 446 g/mol. The predicted molar refractivity (Wildman–Crippen MR) is 129 cm³/mol. The summed E-state index contributed by atoms with van der Waals surface area (Å²) in [6, 6.07) is 19.5. The Labute approximate surface area is 192 Å². The zero-order valence-electron chi connectivity index (χ0n) is 19.2. The smallest absolute Gasteiger partial charge is 0.224 e. The van der Waals surface area contributed by atoms with Crippen molar-refractivity contribution < 1.29 is 19.0 Å². The van der Waals surface area contributed by atoms with Gasteiger partial charge in [0, 0.05) is 24.7 Å². The van der Waals surface area contributed by atoms with Gasteiger partial charge in [-0.05, 0) is 60.5 Å². The quantitative estimate of drug-likeness (QED) is 0.420. The second-order valence-corrected chi connectivity index (χ2v) is 7.64. The van der Waals surface area contributed by atoms with Crippen molar-refractivity contribution in [2.75, 3.05) is 26.6 Å². The highest BCUT2D eigenvalue weighted by atomic mass is 16.5. The number of amides is 1. The molecule has 7 heteroatoms. The molecule has 0 aliphatic rings. The molecular weight excluding hydrogens is 418 g/mol. The van der Waals surface area contributed by atoms with Crippen LogP contribution in [0.4, 0.5) is 5.69 Å². The zero-order valence-corrected chi connectivity index (χ0v) is 19.2. The van der Waals surface area contributed by atoms with Crippen molar-refractivity contribution in [3.8, 4) is 28.6 Å². The van der Waals surface area contributed by atoms with E-state index in [1.165, 1.54) is 0 Å². The normalized spacial score (nSPS) is 10.8. The van der Waals surface area contributed by atoms with Crippen LogP contribution in [0, 0.1) is 0 Å². The summed E-state index contributed by atoms with van der Waals surface area (Å²) in [4.78, 5) is 17.3. The third-order valence-corrected chi connectivity index (χ3v) is 5.58. The summed E-state index contributed by atoms with van der Waals surface area (Å²) >= 11 is 0. The highest BCUT2D eigenvalue weighted by Gasteiger charge is 2.14. The van der Waals surface area contributed by atoms with Crippen LogP contribution in [0.25, 0.3) is 22.4 Å². The number of hydrogen-bond acceptors (Lipinski definition) is 5. The number of rotatable bonds is 8. The maximum atomic E-state index is 12.5. The lowest BCUT2D eigenvalue weighted by molar-refractivity contribution is -0.116. The number of para-hydroxylation sites is 2. The van der Waals surface area contributed by atoms with Gasteiger partial charge in [-0.25, -0.2) is 4.98 Å². The minimum atomic E-state index is -0.0702. The topological polar surface area (TPSA) is 74.6 Å². The lowest BCUT2D eigenvalue weighted by Gasteiger charge is -2.14. The Kier molecular flexibility index (Phi) is 6.49. The number of anilines is 1. The van der Waals surface area contributed by atoms with Gasteiger partial charge in [-0.2, -0.15) is 0 Å². The molecule has 0 atom stereocenters. The summed E-state index contributed by atoms with van der Waals surface area (Å²) in [5, 5.41) is 2.96. The van der Waals surface area contributed by atoms with Crippen LogP contribution in [0.15, 0.2) is 60.7 Å². The van der Waals surface area contributed by atoms with Gasteiger partial charge in [0.1, 0.15) is 5.82 Å². The van der Waals surface area contributed by atoms with E-state index in [0.717, 1.165) is 33.7 Å². The fraction of sp³-hybridized carbons (Fsp3) is 0.231. The molecule has 1 heterocycles. The fourth-order valence-corrected chi connectivity index (χ4v) is 3.87. The molecule has 7 nitrogen and oxygen atoms in total. The summed E-state index contributed by atoms with van der Waals surface area (Å²) in [5.74, 6) is 2.50. The van der Waals surface area contributed by atoms with Crippen LogP contribution in [0.1, 0.15) is 12.0 Å². The van der Waals surface area contributed by atoms with Crippen molar-refractivity contribution in [3.05, 3.63) is 66.2 Å². The maximum absolute atomic E-state index is 12.5. The van der Waals surface area contributed by atoms with Crippen molar-refractivity contribution in [3.63, 3.8) is 0 Å². The van der Waals surface area contributed by atoms with Crippen LogP contribution in [-0.2, 0) is 18.3 Å². The van der Waals surface area contributed by atoms with Crippen LogP contribution in [0.5, 0.6) is 17.2 Å². The van der Waals surface area contributed by atoms with E-state index in [9.17, 15) is 4.79 Å². The van der Waals surface area contributed by atoms with Gasteiger partial charge in [-0.15, -0.1) is 0 Å². The SMILES string of the molecule is COc1cc(CCC(=O)Nc2ccc(-c3nc4ccccc4n3C)cc2)cc(OC)c1OC. The molecule has 4 aromatic rings. The number of carbonyl (C=O) groups is 1. The first-order chi connectivity index (χ1) is 16.0. The second kappa shape index (κ2) is 9.65. The lowest BCUT2D eigenvalue weighted by atomic mass is 10.1. The molecule has 4 rings (SSSR count). The molecule has 1 amide bonds. The summed E-state index contributed by atoms with van der Waals surface area (Å²) in [7, 11) is 6.72. The molecule has 1 aromatic heterocycles. The van der Waals surface area contributed by atoms with E-state index in [1.807, 2.05) is 61.6 Å². The van der Waals surface area contributed by atoms with Crippen molar-refractivity contribution in [2.24, 2.45) is 7.05 Å². The molecule has 170 valence electrons. The molecule has 0 saturated heterocycles. The van der Waals surface area contributed by atoms with Gasteiger partial charge < -0.3 is 24.1 Å². The van der Waals surface area contributed by atoms with Crippen molar-refractivity contribution in [1.82, 2.24) is 9.55 Å². The first-order valence-corrected chi connectivity index (χ1v) is 10.6. The molecule has 0 spiro atoms. The van der Waals surface area contributed by atoms with Gasteiger partial charge in [0.05, 0.1) is 32.4 Å². The minimum absolute atomic E-state index is 0.0702. The fourth-order valence-electron chi connectivity index (χ4n) is 3.87. The number of nitrogens with zero attached hydrogens (tertiary/aromatic N) is 2. The first-order valence-electron chi connectivity index (χ1n) is 10.6. The van der Waals surface area contributed by atoms with E-state index in [0.29, 0.717) is 30.1 Å². The third-order valence-electron chi connectivity index (χ3n) is 5.58. The van der Waals surface area contributed by atoms with Gasteiger partial charge in [-0.1, -0.05) is 12.1 Å². The molecular formula is C26H27N3O4. The van der Waals surface area contributed by atoms with Gasteiger partial charge in [0.25, 0.3) is 0 Å². The second-order valence-electron chi connectivity index (χ2n) is 7.64. The highest BCUT2D eigenvalue weighted by molar-refractivity contribution is 5.91. The molecule has 0 saturated carbocycles. The summed E-state index contributed by atoms with van der Waals surface area (Å²) in [6.45, 7) is 0. The number of benzene rings is 3. The molecule has 33 heavy (non-hydrogen) atoms. The van der Waals surface area contributed by atoms with Crippen LogP contribution in [-0.4, -0.2) is 36.8 Å². The van der Waals surface area contributed by atoms with Crippen molar-refractivity contribution >= 4 is 22.6 Å². The average Bonchev–Trinajstić information content (AvgIpc) is 3.19. The molecule has 0 fully saturated rings. The number of hydrogen-bond donors (Lipinski definition) is 1. The number of fused-ring (bicyclic) bond motifs is 1. The molecule has 0 bridgehead atoms. The van der Waals surface area contributed by atoms with Crippen LogP contribution < -0.4 is 19.5 Å². The number of aromatic nitrogens is 2. The van der Waals surface area contributed by atoms with Crippen molar-refractivity contribution in [2.45, 2.75) is 12.8 Å². The van der Waals surface area contributed by atoms with E-state index in [-0.39, 0.29) is 5.91 Å². The monoisotopic (exact) mass is 445 g/mol. The number of nitrogens with one attached hydrogen (secondary N) is 1. The third kappa shape index (κ3) is 4.62. The first kappa shape index (κ1) is 22.2. The highest BCUT2D eigenvalue weighted by Crippen LogP contribution is 2.38. The standard InChI is InChI=1S/C26H27N3O4/c1-29-21-8-6-5-7-20(21)28-26(29)18-10-12-19(13-11-18)27-24(30)14-9-17-15-22(31-2)25(33-4)23(16-17)32-3/h5-8,10-13,15-16H,9,14H2,1-4H3,(H,27,30). The van der Waals surface area contributed by atoms with Gasteiger partial charge >= 0.3 is 0 Å². The molecule has 0 unspecified atom stereocenters. The van der Waals surface area contributed by atoms with E-state index >= 15 is 0 Å². The Bertz CT molecular complexity index is 1250. The molecule has 0 aliphatic carbocycles. The number of ether oxygens (including phenoxy) is 3. The van der Waals surface area contributed by atoms with Crippen LogP contribution in [0.3, 0.4) is 0 Å². The minimum Gasteiger partial charge on any atom is -0.493 e. The molecule has 0 radical (unpaired) electrons. The van der Waals surface area contributed by atoms with Crippen LogP contribution in [0.2, 0.25) is 0 Å². The Morgan fingerprint density at radius 1 is 0.939 bits per heavy atom. The maximum Gasteiger partial charge on any atom is 0.224 e. The van der Waals surface area contributed by atoms with Crippen LogP contribution >= 0.6 is 0 Å². The summed E-state index contributed by atoms with van der Waals surface area (Å²) < 4.78 is 18.2. The van der Waals surface area contributed by atoms with Gasteiger partial charge in [-0.3, -0.25) is 4.79 Å². The predicted octanol–water partition coefficient (Wildman–Crippen LogP) is 4.84.